The number of benzene rings is 1. The molecule has 0 saturated heterocycles. The van der Waals surface area contributed by atoms with E-state index in [0.717, 1.165) is 31.4 Å². The maximum atomic E-state index is 13.4. The van der Waals surface area contributed by atoms with Gasteiger partial charge < -0.3 is 16.6 Å². The van der Waals surface area contributed by atoms with Crippen LogP contribution < -0.4 is 16.4 Å². The van der Waals surface area contributed by atoms with Crippen LogP contribution in [0.1, 0.15) is 48.0 Å². The molecular weight excluding hydrogens is 351 g/mol. The minimum Gasteiger partial charge on any atom is -0.478 e. The number of hydrogen-bond donors (Lipinski definition) is 3. The van der Waals surface area contributed by atoms with Gasteiger partial charge in [-0.05, 0) is 43.9 Å². The van der Waals surface area contributed by atoms with E-state index in [2.05, 4.69) is 9.98 Å². The molecule has 1 aliphatic carbocycles. The summed E-state index contributed by atoms with van der Waals surface area (Å²) in [6.07, 6.45) is -1.08. The van der Waals surface area contributed by atoms with Crippen LogP contribution in [0.15, 0.2) is 28.2 Å². The third-order valence-corrected chi connectivity index (χ3v) is 4.65. The lowest BCUT2D eigenvalue weighted by atomic mass is 9.87. The van der Waals surface area contributed by atoms with Gasteiger partial charge in [0.15, 0.2) is 0 Å². The Kier molecular flexibility index (Phi) is 4.29. The number of guanidine groups is 2. The number of aromatic carboxylic acids is 1. The molecule has 1 aliphatic heterocycles. The number of carbonyl (C=O) groups is 1. The number of carboxylic acid groups (broad SMARTS) is 1. The molecule has 7 nitrogen and oxygen atoms in total. The topological polar surface area (TPSA) is 117 Å². The summed E-state index contributed by atoms with van der Waals surface area (Å²) in [7, 11) is 0. The molecule has 0 atom stereocenters. The summed E-state index contributed by atoms with van der Waals surface area (Å²) in [4.78, 5) is 20.9. The van der Waals surface area contributed by atoms with E-state index < -0.39 is 28.9 Å². The van der Waals surface area contributed by atoms with E-state index in [9.17, 15) is 18.0 Å². The maximum absolute atomic E-state index is 13.4. The van der Waals surface area contributed by atoms with E-state index in [4.69, 9.17) is 16.6 Å². The normalized spacial score (nSPS) is 19.9. The minimum absolute atomic E-state index is 0.0150. The van der Waals surface area contributed by atoms with Gasteiger partial charge in [-0.3, -0.25) is 4.90 Å². The van der Waals surface area contributed by atoms with Gasteiger partial charge in [0.05, 0.1) is 11.1 Å². The lowest BCUT2D eigenvalue weighted by Gasteiger charge is -2.45. The molecule has 1 aromatic rings. The van der Waals surface area contributed by atoms with Crippen LogP contribution in [0.3, 0.4) is 0 Å². The number of halogens is 3. The van der Waals surface area contributed by atoms with E-state index in [1.54, 1.807) is 0 Å². The predicted molar refractivity (Wildman–Crippen MR) is 89.9 cm³/mol. The van der Waals surface area contributed by atoms with Crippen molar-refractivity contribution < 1.29 is 23.1 Å². The number of nitrogens with zero attached hydrogens (tertiary/aromatic N) is 3. The summed E-state index contributed by atoms with van der Waals surface area (Å²) in [5.74, 6) is -1.73. The molecule has 140 valence electrons. The second kappa shape index (κ2) is 6.19. The zero-order chi connectivity index (χ0) is 19.1. The van der Waals surface area contributed by atoms with E-state index in [1.165, 1.54) is 11.0 Å². The Balaban J connectivity index is 2.15. The molecular formula is C16H18F3N5O2. The van der Waals surface area contributed by atoms with Gasteiger partial charge >= 0.3 is 12.1 Å². The average molecular weight is 369 g/mol. The van der Waals surface area contributed by atoms with Gasteiger partial charge in [0.25, 0.3) is 0 Å². The number of hydrogen-bond acceptors (Lipinski definition) is 6. The van der Waals surface area contributed by atoms with Crippen LogP contribution in [-0.4, -0.2) is 28.7 Å². The van der Waals surface area contributed by atoms with Crippen LogP contribution in [0.2, 0.25) is 0 Å². The minimum atomic E-state index is -4.83. The van der Waals surface area contributed by atoms with Crippen LogP contribution in [0, 0.1) is 0 Å². The molecule has 0 radical (unpaired) electrons. The molecule has 1 fully saturated rings. The van der Waals surface area contributed by atoms with Crippen molar-refractivity contribution in [2.45, 2.75) is 43.9 Å². The van der Waals surface area contributed by atoms with E-state index in [0.29, 0.717) is 12.8 Å². The highest BCUT2D eigenvalue weighted by molar-refractivity contribution is 6.06. The Hall–Kier alpha value is -2.78. The first-order valence-corrected chi connectivity index (χ1v) is 8.08. The molecule has 26 heavy (non-hydrogen) atoms. The molecule has 3 rings (SSSR count). The fourth-order valence-corrected chi connectivity index (χ4v) is 3.59. The Labute approximate surface area is 147 Å². The molecule has 2 aliphatic rings. The summed E-state index contributed by atoms with van der Waals surface area (Å²) in [5.41, 5.74) is 8.83. The monoisotopic (exact) mass is 369 g/mol. The standard InChI is InChI=1S/C16H18F3N5O2/c17-16(18,19)11-8-9(4-5-10(11)12(25)26)24-14(21)22-13(20)23-15(24)6-2-1-3-7-15/h4-5,8H,1-3,6-7H2,(H,25,26)(H4,20,21,22,23). The van der Waals surface area contributed by atoms with E-state index in [-0.39, 0.29) is 17.6 Å². The molecule has 10 heteroatoms. The third kappa shape index (κ3) is 3.06. The Morgan fingerprint density at radius 1 is 1.19 bits per heavy atom. The lowest BCUT2D eigenvalue weighted by Crippen LogP contribution is -2.58. The van der Waals surface area contributed by atoms with Crippen molar-refractivity contribution in [3.05, 3.63) is 29.3 Å². The second-order valence-electron chi connectivity index (χ2n) is 6.35. The number of alkyl halides is 3. The van der Waals surface area contributed by atoms with Gasteiger partial charge in [-0.1, -0.05) is 6.42 Å². The van der Waals surface area contributed by atoms with Crippen molar-refractivity contribution in [3.8, 4) is 0 Å². The number of aliphatic imine (C=N–C) groups is 2. The Bertz CT molecular complexity index is 798. The number of carboxylic acids is 1. The van der Waals surface area contributed by atoms with Crippen molar-refractivity contribution in [2.24, 2.45) is 21.5 Å². The zero-order valence-corrected chi connectivity index (χ0v) is 13.8. The molecule has 1 saturated carbocycles. The smallest absolute Gasteiger partial charge is 0.417 e. The Morgan fingerprint density at radius 3 is 2.42 bits per heavy atom. The first-order chi connectivity index (χ1) is 12.1. The van der Waals surface area contributed by atoms with Crippen LogP contribution in [0.5, 0.6) is 0 Å². The Morgan fingerprint density at radius 2 is 1.85 bits per heavy atom. The fraction of sp³-hybridized carbons (Fsp3) is 0.438. The van der Waals surface area contributed by atoms with Crippen LogP contribution in [0.4, 0.5) is 18.9 Å². The van der Waals surface area contributed by atoms with Crippen molar-refractivity contribution in [1.29, 1.82) is 0 Å². The SMILES string of the molecule is NC1=NC2(CCCCC2)N(c2ccc(C(=O)O)c(C(F)(F)F)c2)C(N)=N1. The van der Waals surface area contributed by atoms with Crippen LogP contribution in [-0.2, 0) is 6.18 Å². The molecule has 0 amide bonds. The highest BCUT2D eigenvalue weighted by Crippen LogP contribution is 2.41. The quantitative estimate of drug-likeness (QED) is 0.740. The van der Waals surface area contributed by atoms with Gasteiger partial charge in [0.1, 0.15) is 5.66 Å². The number of rotatable bonds is 2. The third-order valence-electron chi connectivity index (χ3n) is 4.65. The van der Waals surface area contributed by atoms with Crippen molar-refractivity contribution in [3.63, 3.8) is 0 Å². The molecule has 0 aromatic heterocycles. The van der Waals surface area contributed by atoms with Crippen molar-refractivity contribution >= 4 is 23.6 Å². The molecule has 1 heterocycles. The summed E-state index contributed by atoms with van der Waals surface area (Å²) < 4.78 is 40.1. The number of anilines is 1. The number of nitrogens with two attached hydrogens (primary N) is 2. The maximum Gasteiger partial charge on any atom is 0.417 e. The molecule has 5 N–H and O–H groups in total. The molecule has 1 spiro atoms. The summed E-state index contributed by atoms with van der Waals surface area (Å²) in [6, 6.07) is 2.99. The molecule has 1 aromatic carbocycles. The fourth-order valence-electron chi connectivity index (χ4n) is 3.59. The van der Waals surface area contributed by atoms with Crippen molar-refractivity contribution in [2.75, 3.05) is 4.90 Å². The highest BCUT2D eigenvalue weighted by Gasteiger charge is 2.44. The van der Waals surface area contributed by atoms with Gasteiger partial charge in [0, 0.05) is 5.69 Å². The van der Waals surface area contributed by atoms with E-state index >= 15 is 0 Å². The van der Waals surface area contributed by atoms with Gasteiger partial charge in [0.2, 0.25) is 11.9 Å². The second-order valence-corrected chi connectivity index (χ2v) is 6.35. The molecule has 0 unspecified atom stereocenters. The summed E-state index contributed by atoms with van der Waals surface area (Å²) in [6.45, 7) is 0. The zero-order valence-electron chi connectivity index (χ0n) is 13.8. The van der Waals surface area contributed by atoms with E-state index in [1.807, 2.05) is 0 Å². The molecule has 0 bridgehead atoms. The first-order valence-electron chi connectivity index (χ1n) is 8.08. The summed E-state index contributed by atoms with van der Waals surface area (Å²) >= 11 is 0. The van der Waals surface area contributed by atoms with Gasteiger partial charge in [-0.25, -0.2) is 9.79 Å². The van der Waals surface area contributed by atoms with Crippen LogP contribution >= 0.6 is 0 Å². The lowest BCUT2D eigenvalue weighted by molar-refractivity contribution is -0.138. The first kappa shape index (κ1) is 18.0. The van der Waals surface area contributed by atoms with Crippen molar-refractivity contribution in [1.82, 2.24) is 0 Å². The summed E-state index contributed by atoms with van der Waals surface area (Å²) in [5, 5.41) is 9.06. The average Bonchev–Trinajstić information content (AvgIpc) is 2.53. The van der Waals surface area contributed by atoms with Crippen LogP contribution in [0.25, 0.3) is 0 Å². The highest BCUT2D eigenvalue weighted by atomic mass is 19.4. The van der Waals surface area contributed by atoms with Gasteiger partial charge in [-0.2, -0.15) is 18.2 Å². The predicted octanol–water partition coefficient (Wildman–Crippen LogP) is 2.51. The van der Waals surface area contributed by atoms with Gasteiger partial charge in [-0.15, -0.1) is 0 Å². The largest absolute Gasteiger partial charge is 0.478 e.